The van der Waals surface area contributed by atoms with Gasteiger partial charge in [0.1, 0.15) is 0 Å². The van der Waals surface area contributed by atoms with E-state index >= 15 is 0 Å². The van der Waals surface area contributed by atoms with Crippen molar-refractivity contribution in [1.29, 1.82) is 5.26 Å². The topological polar surface area (TPSA) is 84.4 Å². The summed E-state index contributed by atoms with van der Waals surface area (Å²) in [6, 6.07) is 7.46. The first-order chi connectivity index (χ1) is 11.2. The molecule has 1 aliphatic carbocycles. The Balaban J connectivity index is 0.00000225. The fourth-order valence-electron chi connectivity index (χ4n) is 3.63. The van der Waals surface area contributed by atoms with Crippen LogP contribution in [0.4, 0.5) is 0 Å². The molecule has 2 aliphatic rings. The van der Waals surface area contributed by atoms with Crippen LogP contribution in [0, 0.1) is 16.7 Å². The highest BCUT2D eigenvalue weighted by atomic mass is 35.5. The lowest BCUT2D eigenvalue weighted by atomic mass is 9.69. The van der Waals surface area contributed by atoms with Crippen LogP contribution in [-0.4, -0.2) is 11.3 Å². The zero-order valence-electron chi connectivity index (χ0n) is 14.3. The molecule has 0 aromatic heterocycles. The monoisotopic (exact) mass is 378 g/mol. The highest BCUT2D eigenvalue weighted by Crippen LogP contribution is 2.47. The molecule has 0 spiro atoms. The maximum Gasteiger partial charge on any atom is 0.162 e. The SMILES string of the molecule is CC1=C(C#N)C(c2ccc(Cl)cc2Cl)C2=C(CC(C)(C)CC2=O)N1.O. The van der Waals surface area contributed by atoms with Gasteiger partial charge in [-0.05, 0) is 36.5 Å². The summed E-state index contributed by atoms with van der Waals surface area (Å²) in [6.07, 6.45) is 1.23. The number of nitrogens with one attached hydrogen (secondary N) is 1. The Hall–Kier alpha value is -1.80. The van der Waals surface area contributed by atoms with Crippen LogP contribution >= 0.6 is 23.2 Å². The molecule has 1 heterocycles. The molecule has 0 amide bonds. The molecule has 0 radical (unpaired) electrons. The molecule has 1 aromatic rings. The quantitative estimate of drug-likeness (QED) is 0.790. The first-order valence-corrected chi connectivity index (χ1v) is 8.58. The van der Waals surface area contributed by atoms with Gasteiger partial charge in [-0.25, -0.2) is 0 Å². The Morgan fingerprint density at radius 3 is 2.56 bits per heavy atom. The van der Waals surface area contributed by atoms with Gasteiger partial charge in [0.25, 0.3) is 0 Å². The third-order valence-electron chi connectivity index (χ3n) is 4.63. The Morgan fingerprint density at radius 2 is 1.96 bits per heavy atom. The molecular formula is C19H20Cl2N2O2. The van der Waals surface area contributed by atoms with Crippen LogP contribution in [0.2, 0.25) is 10.0 Å². The zero-order chi connectivity index (χ0) is 17.6. The van der Waals surface area contributed by atoms with Crippen molar-refractivity contribution in [3.05, 3.63) is 56.3 Å². The van der Waals surface area contributed by atoms with E-state index < -0.39 is 5.92 Å². The summed E-state index contributed by atoms with van der Waals surface area (Å²) < 4.78 is 0. The first kappa shape index (κ1) is 19.5. The molecule has 0 bridgehead atoms. The summed E-state index contributed by atoms with van der Waals surface area (Å²) in [5.41, 5.74) is 3.54. The number of carbonyl (C=O) groups is 1. The minimum atomic E-state index is -0.431. The summed E-state index contributed by atoms with van der Waals surface area (Å²) >= 11 is 12.4. The number of ketones is 1. The number of halogens is 2. The maximum atomic E-state index is 12.9. The van der Waals surface area contributed by atoms with Crippen molar-refractivity contribution in [2.75, 3.05) is 0 Å². The van der Waals surface area contributed by atoms with Crippen LogP contribution in [0.25, 0.3) is 0 Å². The van der Waals surface area contributed by atoms with Gasteiger partial charge in [0.2, 0.25) is 0 Å². The fraction of sp³-hybridized carbons (Fsp3) is 0.368. The molecule has 25 heavy (non-hydrogen) atoms. The second-order valence-electron chi connectivity index (χ2n) is 7.21. The van der Waals surface area contributed by atoms with Crippen molar-refractivity contribution < 1.29 is 10.3 Å². The number of dihydropyridines is 1. The smallest absolute Gasteiger partial charge is 0.162 e. The number of nitrogens with zero attached hydrogens (tertiary/aromatic N) is 1. The van der Waals surface area contributed by atoms with Gasteiger partial charge in [0.15, 0.2) is 5.78 Å². The molecule has 0 saturated carbocycles. The van der Waals surface area contributed by atoms with Gasteiger partial charge in [-0.3, -0.25) is 4.79 Å². The van der Waals surface area contributed by atoms with Crippen LogP contribution in [0.1, 0.15) is 45.1 Å². The summed E-state index contributed by atoms with van der Waals surface area (Å²) in [4.78, 5) is 12.9. The number of allylic oxidation sites excluding steroid dienone is 4. The molecule has 1 unspecified atom stereocenters. The van der Waals surface area contributed by atoms with E-state index in [2.05, 4.69) is 25.2 Å². The van der Waals surface area contributed by atoms with E-state index in [0.717, 1.165) is 23.4 Å². The van der Waals surface area contributed by atoms with Crippen molar-refractivity contribution >= 4 is 29.0 Å². The Labute approximate surface area is 157 Å². The van der Waals surface area contributed by atoms with Crippen LogP contribution in [-0.2, 0) is 4.79 Å². The van der Waals surface area contributed by atoms with Crippen LogP contribution in [0.15, 0.2) is 40.7 Å². The van der Waals surface area contributed by atoms with Crippen LogP contribution in [0.5, 0.6) is 0 Å². The van der Waals surface area contributed by atoms with Crippen molar-refractivity contribution in [1.82, 2.24) is 5.32 Å². The first-order valence-electron chi connectivity index (χ1n) is 7.82. The number of carbonyl (C=O) groups excluding carboxylic acids is 1. The van der Waals surface area contributed by atoms with Crippen molar-refractivity contribution in [2.45, 2.75) is 39.5 Å². The molecule has 3 rings (SSSR count). The molecule has 6 heteroatoms. The normalized spacial score (nSPS) is 21.9. The van der Waals surface area contributed by atoms with Gasteiger partial charge >= 0.3 is 0 Å². The molecule has 4 nitrogen and oxygen atoms in total. The predicted molar refractivity (Wildman–Crippen MR) is 99.3 cm³/mol. The van der Waals surface area contributed by atoms with Gasteiger partial charge in [-0.1, -0.05) is 43.1 Å². The van der Waals surface area contributed by atoms with Crippen molar-refractivity contribution in [2.24, 2.45) is 5.41 Å². The van der Waals surface area contributed by atoms with E-state index in [-0.39, 0.29) is 16.7 Å². The molecule has 132 valence electrons. The van der Waals surface area contributed by atoms with Gasteiger partial charge in [0, 0.05) is 33.4 Å². The van der Waals surface area contributed by atoms with E-state index in [1.54, 1.807) is 12.1 Å². The van der Waals surface area contributed by atoms with Crippen LogP contribution in [0.3, 0.4) is 0 Å². The van der Waals surface area contributed by atoms with Gasteiger partial charge in [0.05, 0.1) is 17.6 Å². The number of rotatable bonds is 1. The minimum absolute atomic E-state index is 0. The van der Waals surface area contributed by atoms with E-state index in [1.165, 1.54) is 0 Å². The third-order valence-corrected chi connectivity index (χ3v) is 5.20. The van der Waals surface area contributed by atoms with Gasteiger partial charge in [-0.2, -0.15) is 5.26 Å². The van der Waals surface area contributed by atoms with E-state index in [0.29, 0.717) is 27.6 Å². The standard InChI is InChI=1S/C19H18Cl2N2O.H2O/c1-10-13(9-22)17(12-5-4-11(20)6-14(12)21)18-15(23-10)7-19(2,3)8-16(18)24;/h4-6,17,23H,7-8H2,1-3H3;1H2. The fourth-order valence-corrected chi connectivity index (χ4v) is 4.15. The molecule has 3 N–H and O–H groups in total. The summed E-state index contributed by atoms with van der Waals surface area (Å²) in [5.74, 6) is -0.357. The highest BCUT2D eigenvalue weighted by molar-refractivity contribution is 6.35. The Kier molecular flexibility index (Phi) is 5.34. The molecular weight excluding hydrogens is 359 g/mol. The summed E-state index contributed by atoms with van der Waals surface area (Å²) in [6.45, 7) is 6.03. The second kappa shape index (κ2) is 6.84. The zero-order valence-corrected chi connectivity index (χ0v) is 15.8. The number of benzene rings is 1. The molecule has 1 aromatic carbocycles. The number of hydrogen-bond donors (Lipinski definition) is 1. The van der Waals surface area contributed by atoms with E-state index in [1.807, 2.05) is 13.0 Å². The van der Waals surface area contributed by atoms with E-state index in [4.69, 9.17) is 23.2 Å². The number of hydrogen-bond acceptors (Lipinski definition) is 3. The predicted octanol–water partition coefficient (Wildman–Crippen LogP) is 4.30. The van der Waals surface area contributed by atoms with Gasteiger partial charge in [-0.15, -0.1) is 0 Å². The maximum absolute atomic E-state index is 12.9. The largest absolute Gasteiger partial charge is 0.412 e. The lowest BCUT2D eigenvalue weighted by molar-refractivity contribution is -0.118. The summed E-state index contributed by atoms with van der Waals surface area (Å²) in [5, 5.41) is 14.0. The average molecular weight is 379 g/mol. The second-order valence-corrected chi connectivity index (χ2v) is 8.05. The number of nitriles is 1. The van der Waals surface area contributed by atoms with Crippen LogP contribution < -0.4 is 5.32 Å². The summed E-state index contributed by atoms with van der Waals surface area (Å²) in [7, 11) is 0. The molecule has 1 aliphatic heterocycles. The molecule has 0 fully saturated rings. The lowest BCUT2D eigenvalue weighted by Crippen LogP contribution is -2.36. The third kappa shape index (κ3) is 3.46. The highest BCUT2D eigenvalue weighted by Gasteiger charge is 2.41. The minimum Gasteiger partial charge on any atom is -0.412 e. The number of Topliss-reactive ketones (excluding diaryl/α,β-unsaturated/α-hetero) is 1. The Bertz CT molecular complexity index is 847. The molecule has 0 saturated heterocycles. The average Bonchev–Trinajstić information content (AvgIpc) is 2.44. The lowest BCUT2D eigenvalue weighted by Gasteiger charge is -2.38. The van der Waals surface area contributed by atoms with E-state index in [9.17, 15) is 10.1 Å². The van der Waals surface area contributed by atoms with Crippen molar-refractivity contribution in [3.8, 4) is 6.07 Å². The van der Waals surface area contributed by atoms with Gasteiger partial charge < -0.3 is 10.8 Å². The van der Waals surface area contributed by atoms with Crippen molar-refractivity contribution in [3.63, 3.8) is 0 Å². The Morgan fingerprint density at radius 1 is 1.28 bits per heavy atom. The molecule has 1 atom stereocenters.